The smallest absolute Gasteiger partial charge is 0.255 e. The van der Waals surface area contributed by atoms with Crippen LogP contribution < -0.4 is 14.9 Å². The van der Waals surface area contributed by atoms with Crippen LogP contribution >= 0.6 is 0 Å². The first-order chi connectivity index (χ1) is 15.9. The van der Waals surface area contributed by atoms with E-state index >= 15 is 0 Å². The number of hydrogen-bond donors (Lipinski definition) is 2. The fraction of sp³-hybridized carbons (Fsp3) is 0.240. The molecule has 1 heterocycles. The minimum absolute atomic E-state index is 0.0411. The van der Waals surface area contributed by atoms with Gasteiger partial charge in [0, 0.05) is 24.7 Å². The van der Waals surface area contributed by atoms with E-state index in [0.717, 1.165) is 24.3 Å². The maximum Gasteiger partial charge on any atom is 0.255 e. The molecule has 1 aliphatic rings. The van der Waals surface area contributed by atoms with Gasteiger partial charge in [-0.05, 0) is 42.8 Å². The summed E-state index contributed by atoms with van der Waals surface area (Å²) >= 11 is 0. The maximum absolute atomic E-state index is 13.0. The standard InChI is InChI=1S/C25H27N3O4S/c1-19(20-8-3-2-4-9-20)27-33(30,31)22-11-7-10-21(18-22)25(29)26-23-12-5-6-13-24(23)28-14-16-32-17-15-28/h2-13,18-19,27H,14-17H2,1H3,(H,26,29). The molecule has 1 amide bonds. The monoisotopic (exact) mass is 465 g/mol. The number of para-hydroxylation sites is 2. The van der Waals surface area contributed by atoms with Crippen LogP contribution in [0.4, 0.5) is 11.4 Å². The van der Waals surface area contributed by atoms with Gasteiger partial charge < -0.3 is 15.0 Å². The molecule has 0 saturated carbocycles. The molecule has 8 heteroatoms. The Hall–Kier alpha value is -3.20. The van der Waals surface area contributed by atoms with Gasteiger partial charge in [-0.1, -0.05) is 48.5 Å². The number of benzene rings is 3. The summed E-state index contributed by atoms with van der Waals surface area (Å²) in [7, 11) is -3.81. The minimum Gasteiger partial charge on any atom is -0.378 e. The zero-order chi connectivity index (χ0) is 23.3. The summed E-state index contributed by atoms with van der Waals surface area (Å²) in [5.74, 6) is -0.371. The van der Waals surface area contributed by atoms with E-state index < -0.39 is 16.1 Å². The average Bonchev–Trinajstić information content (AvgIpc) is 2.85. The van der Waals surface area contributed by atoms with Crippen LogP contribution in [0.5, 0.6) is 0 Å². The number of anilines is 2. The van der Waals surface area contributed by atoms with Gasteiger partial charge in [0.1, 0.15) is 0 Å². The third-order valence-electron chi connectivity index (χ3n) is 5.54. The van der Waals surface area contributed by atoms with Crippen LogP contribution in [0.15, 0.2) is 83.8 Å². The second-order valence-electron chi connectivity index (χ2n) is 7.85. The molecule has 0 spiro atoms. The Morgan fingerprint density at radius 1 is 0.939 bits per heavy atom. The van der Waals surface area contributed by atoms with E-state index in [1.165, 1.54) is 12.1 Å². The van der Waals surface area contributed by atoms with E-state index in [9.17, 15) is 13.2 Å². The predicted octanol–water partition coefficient (Wildman–Crippen LogP) is 3.82. The van der Waals surface area contributed by atoms with Crippen molar-refractivity contribution in [2.45, 2.75) is 17.9 Å². The lowest BCUT2D eigenvalue weighted by Gasteiger charge is -2.30. The molecule has 172 valence electrons. The molecule has 7 nitrogen and oxygen atoms in total. The predicted molar refractivity (Wildman–Crippen MR) is 129 cm³/mol. The quantitative estimate of drug-likeness (QED) is 0.554. The van der Waals surface area contributed by atoms with Crippen molar-refractivity contribution in [2.24, 2.45) is 0 Å². The Morgan fingerprint density at radius 3 is 2.39 bits per heavy atom. The molecule has 2 N–H and O–H groups in total. The van der Waals surface area contributed by atoms with Crippen molar-refractivity contribution < 1.29 is 17.9 Å². The third kappa shape index (κ3) is 5.60. The molecule has 1 fully saturated rings. The second-order valence-corrected chi connectivity index (χ2v) is 9.57. The van der Waals surface area contributed by atoms with Gasteiger partial charge in [-0.3, -0.25) is 4.79 Å². The molecular formula is C25H27N3O4S. The van der Waals surface area contributed by atoms with Gasteiger partial charge >= 0.3 is 0 Å². The first kappa shape index (κ1) is 23.0. The summed E-state index contributed by atoms with van der Waals surface area (Å²) in [5, 5.41) is 2.93. The Balaban J connectivity index is 1.52. The lowest BCUT2D eigenvalue weighted by Crippen LogP contribution is -2.36. The van der Waals surface area contributed by atoms with Crippen LogP contribution in [0.2, 0.25) is 0 Å². The van der Waals surface area contributed by atoms with Crippen LogP contribution in [-0.2, 0) is 14.8 Å². The topological polar surface area (TPSA) is 87.7 Å². The summed E-state index contributed by atoms with van der Waals surface area (Å²) in [5.41, 5.74) is 2.71. The van der Waals surface area contributed by atoms with E-state index in [0.29, 0.717) is 18.9 Å². The molecular weight excluding hydrogens is 438 g/mol. The van der Waals surface area contributed by atoms with Crippen molar-refractivity contribution in [3.8, 4) is 0 Å². The van der Waals surface area contributed by atoms with Crippen molar-refractivity contribution in [3.05, 3.63) is 90.0 Å². The van der Waals surface area contributed by atoms with Gasteiger partial charge in [-0.25, -0.2) is 13.1 Å². The van der Waals surface area contributed by atoms with E-state index in [1.807, 2.05) is 54.6 Å². The molecule has 4 rings (SSSR count). The van der Waals surface area contributed by atoms with Crippen molar-refractivity contribution in [1.82, 2.24) is 4.72 Å². The first-order valence-corrected chi connectivity index (χ1v) is 12.3. The molecule has 33 heavy (non-hydrogen) atoms. The zero-order valence-electron chi connectivity index (χ0n) is 18.4. The number of morpholine rings is 1. The fourth-order valence-electron chi connectivity index (χ4n) is 3.77. The van der Waals surface area contributed by atoms with Crippen molar-refractivity contribution in [3.63, 3.8) is 0 Å². The third-order valence-corrected chi connectivity index (χ3v) is 7.08. The largest absolute Gasteiger partial charge is 0.378 e. The second kappa shape index (κ2) is 10.2. The molecule has 3 aromatic rings. The molecule has 1 atom stereocenters. The van der Waals surface area contributed by atoms with E-state index in [1.54, 1.807) is 19.1 Å². The number of ether oxygens (including phenoxy) is 1. The number of sulfonamides is 1. The molecule has 0 aromatic heterocycles. The highest BCUT2D eigenvalue weighted by Crippen LogP contribution is 2.27. The molecule has 3 aromatic carbocycles. The van der Waals surface area contributed by atoms with Crippen LogP contribution in [0.3, 0.4) is 0 Å². The number of nitrogens with one attached hydrogen (secondary N) is 2. The van der Waals surface area contributed by atoms with Gasteiger partial charge in [-0.2, -0.15) is 0 Å². The Morgan fingerprint density at radius 2 is 1.64 bits per heavy atom. The normalized spacial score (nSPS) is 15.1. The summed E-state index contributed by atoms with van der Waals surface area (Å²) in [6.45, 7) is 4.54. The van der Waals surface area contributed by atoms with Crippen molar-refractivity contribution in [2.75, 3.05) is 36.5 Å². The number of amides is 1. The van der Waals surface area contributed by atoms with Gasteiger partial charge in [0.05, 0.1) is 29.5 Å². The Kier molecular flexibility index (Phi) is 7.08. The number of rotatable bonds is 7. The molecule has 1 aliphatic heterocycles. The van der Waals surface area contributed by atoms with Gasteiger partial charge in [-0.15, -0.1) is 0 Å². The Labute approximate surface area is 194 Å². The lowest BCUT2D eigenvalue weighted by atomic mass is 10.1. The van der Waals surface area contributed by atoms with Crippen molar-refractivity contribution in [1.29, 1.82) is 0 Å². The van der Waals surface area contributed by atoms with Crippen molar-refractivity contribution >= 4 is 27.3 Å². The summed E-state index contributed by atoms with van der Waals surface area (Å²) in [4.78, 5) is 15.2. The summed E-state index contributed by atoms with van der Waals surface area (Å²) in [6.07, 6.45) is 0. The van der Waals surface area contributed by atoms with Crippen LogP contribution in [-0.4, -0.2) is 40.6 Å². The molecule has 1 unspecified atom stereocenters. The average molecular weight is 466 g/mol. The molecule has 0 radical (unpaired) electrons. The summed E-state index contributed by atoms with van der Waals surface area (Å²) < 4.78 is 34.0. The van der Waals surface area contributed by atoms with E-state index in [2.05, 4.69) is 14.9 Å². The van der Waals surface area contributed by atoms with Crippen LogP contribution in [0, 0.1) is 0 Å². The van der Waals surface area contributed by atoms with E-state index in [-0.39, 0.29) is 16.4 Å². The van der Waals surface area contributed by atoms with Gasteiger partial charge in [0.2, 0.25) is 10.0 Å². The Bertz CT molecular complexity index is 1210. The molecule has 0 bridgehead atoms. The van der Waals surface area contributed by atoms with E-state index in [4.69, 9.17) is 4.74 Å². The zero-order valence-corrected chi connectivity index (χ0v) is 19.2. The molecule has 0 aliphatic carbocycles. The fourth-order valence-corrected chi connectivity index (χ4v) is 5.05. The number of nitrogens with zero attached hydrogens (tertiary/aromatic N) is 1. The van der Waals surface area contributed by atoms with Crippen LogP contribution in [0.1, 0.15) is 28.9 Å². The summed E-state index contributed by atoms with van der Waals surface area (Å²) in [6, 6.07) is 22.6. The van der Waals surface area contributed by atoms with Gasteiger partial charge in [0.15, 0.2) is 0 Å². The molecule has 1 saturated heterocycles. The SMILES string of the molecule is CC(NS(=O)(=O)c1cccc(C(=O)Nc2ccccc2N2CCOCC2)c1)c1ccccc1. The lowest BCUT2D eigenvalue weighted by molar-refractivity contribution is 0.102. The number of hydrogen-bond acceptors (Lipinski definition) is 5. The van der Waals surface area contributed by atoms with Crippen LogP contribution in [0.25, 0.3) is 0 Å². The van der Waals surface area contributed by atoms with Gasteiger partial charge in [0.25, 0.3) is 5.91 Å². The maximum atomic E-state index is 13.0. The number of carbonyl (C=O) groups excluding carboxylic acids is 1. The highest BCUT2D eigenvalue weighted by atomic mass is 32.2. The highest BCUT2D eigenvalue weighted by Gasteiger charge is 2.21. The number of carbonyl (C=O) groups is 1. The minimum atomic E-state index is -3.81. The highest BCUT2D eigenvalue weighted by molar-refractivity contribution is 7.89. The first-order valence-electron chi connectivity index (χ1n) is 10.8.